The molecule has 0 saturated carbocycles. The maximum Gasteiger partial charge on any atom is 0.418 e. The molecule has 0 aliphatic carbocycles. The van der Waals surface area contributed by atoms with Crippen LogP contribution in [0.15, 0.2) is 12.3 Å². The van der Waals surface area contributed by atoms with Crippen molar-refractivity contribution >= 4 is 6.09 Å². The van der Waals surface area contributed by atoms with E-state index in [9.17, 15) is 18.0 Å². The van der Waals surface area contributed by atoms with E-state index < -0.39 is 23.4 Å². The van der Waals surface area contributed by atoms with Gasteiger partial charge in [0.15, 0.2) is 5.75 Å². The van der Waals surface area contributed by atoms with Gasteiger partial charge in [0, 0.05) is 18.3 Å². The van der Waals surface area contributed by atoms with Crippen LogP contribution in [0.25, 0.3) is 0 Å². The average Bonchev–Trinajstić information content (AvgIpc) is 2.24. The van der Waals surface area contributed by atoms with E-state index in [2.05, 4.69) is 10.3 Å². The number of alkyl halides is 3. The lowest BCUT2D eigenvalue weighted by Gasteiger charge is -2.20. The van der Waals surface area contributed by atoms with Gasteiger partial charge in [0.25, 0.3) is 0 Å². The minimum Gasteiger partial charge on any atom is -0.408 e. The lowest BCUT2D eigenvalue weighted by atomic mass is 10.1. The summed E-state index contributed by atoms with van der Waals surface area (Å²) < 4.78 is 42.6. The summed E-state index contributed by atoms with van der Waals surface area (Å²) in [5.74, 6) is -0.302. The fourth-order valence-electron chi connectivity index (χ4n) is 1.30. The van der Waals surface area contributed by atoms with E-state index in [1.165, 1.54) is 0 Å². The quantitative estimate of drug-likeness (QED) is 0.877. The Kier molecular flexibility index (Phi) is 4.59. The van der Waals surface area contributed by atoms with Crippen LogP contribution in [0.5, 0.6) is 5.75 Å². The normalized spacial score (nSPS) is 12.2. The van der Waals surface area contributed by atoms with Crippen molar-refractivity contribution in [1.29, 1.82) is 0 Å². The van der Waals surface area contributed by atoms with Crippen LogP contribution in [-0.4, -0.2) is 16.6 Å². The number of halogens is 3. The van der Waals surface area contributed by atoms with Crippen molar-refractivity contribution in [1.82, 2.24) is 10.3 Å². The molecule has 112 valence electrons. The maximum atomic E-state index is 12.6. The van der Waals surface area contributed by atoms with Crippen LogP contribution in [-0.2, 0) is 12.7 Å². The number of amides is 1. The summed E-state index contributed by atoms with van der Waals surface area (Å²) >= 11 is 0. The van der Waals surface area contributed by atoms with Gasteiger partial charge in [0.2, 0.25) is 0 Å². The highest BCUT2D eigenvalue weighted by atomic mass is 19.4. The molecular formula is C12H16F3N3O2. The first-order chi connectivity index (χ1) is 9.03. The van der Waals surface area contributed by atoms with E-state index in [0.29, 0.717) is 12.3 Å². The van der Waals surface area contributed by atoms with Crippen molar-refractivity contribution in [3.05, 3.63) is 23.5 Å². The molecule has 0 fully saturated rings. The van der Waals surface area contributed by atoms with Gasteiger partial charge >= 0.3 is 12.3 Å². The minimum absolute atomic E-state index is 0.0714. The highest BCUT2D eigenvalue weighted by Gasteiger charge is 2.32. The van der Waals surface area contributed by atoms with Crippen LogP contribution in [0.4, 0.5) is 18.0 Å². The molecule has 8 heteroatoms. The number of hydrogen-bond acceptors (Lipinski definition) is 4. The van der Waals surface area contributed by atoms with Gasteiger partial charge < -0.3 is 15.8 Å². The first kappa shape index (κ1) is 16.2. The molecule has 0 radical (unpaired) electrons. The van der Waals surface area contributed by atoms with Crippen LogP contribution in [0.3, 0.4) is 0 Å². The first-order valence-electron chi connectivity index (χ1n) is 5.79. The molecule has 3 N–H and O–H groups in total. The van der Waals surface area contributed by atoms with Crippen molar-refractivity contribution in [3.63, 3.8) is 0 Å². The van der Waals surface area contributed by atoms with E-state index in [1.807, 2.05) is 0 Å². The molecule has 0 aliphatic rings. The van der Waals surface area contributed by atoms with Gasteiger partial charge in [-0.3, -0.25) is 4.98 Å². The first-order valence-corrected chi connectivity index (χ1v) is 5.79. The molecule has 0 unspecified atom stereocenters. The van der Waals surface area contributed by atoms with E-state index in [1.54, 1.807) is 20.8 Å². The van der Waals surface area contributed by atoms with Crippen molar-refractivity contribution in [2.45, 2.75) is 39.0 Å². The SMILES string of the molecule is CC(C)(C)NC(=O)Oc1cc(C(F)(F)F)cnc1CN. The second-order valence-corrected chi connectivity index (χ2v) is 5.14. The van der Waals surface area contributed by atoms with Crippen molar-refractivity contribution in [3.8, 4) is 5.75 Å². The maximum absolute atomic E-state index is 12.6. The van der Waals surface area contributed by atoms with Crippen LogP contribution in [0.1, 0.15) is 32.0 Å². The van der Waals surface area contributed by atoms with E-state index in [-0.39, 0.29) is 18.0 Å². The smallest absolute Gasteiger partial charge is 0.408 e. The topological polar surface area (TPSA) is 77.2 Å². The van der Waals surface area contributed by atoms with Gasteiger partial charge in [-0.15, -0.1) is 0 Å². The van der Waals surface area contributed by atoms with Crippen molar-refractivity contribution < 1.29 is 22.7 Å². The fourth-order valence-corrected chi connectivity index (χ4v) is 1.30. The van der Waals surface area contributed by atoms with Crippen molar-refractivity contribution in [2.75, 3.05) is 0 Å². The van der Waals surface area contributed by atoms with Crippen LogP contribution < -0.4 is 15.8 Å². The summed E-state index contributed by atoms with van der Waals surface area (Å²) in [6.45, 7) is 4.99. The summed E-state index contributed by atoms with van der Waals surface area (Å²) in [5.41, 5.74) is 3.85. The zero-order valence-electron chi connectivity index (χ0n) is 11.3. The number of hydrogen-bond donors (Lipinski definition) is 2. The van der Waals surface area contributed by atoms with Gasteiger partial charge in [0.05, 0.1) is 11.3 Å². The Hall–Kier alpha value is -1.83. The third-order valence-corrected chi connectivity index (χ3v) is 2.13. The van der Waals surface area contributed by atoms with Crippen LogP contribution in [0.2, 0.25) is 0 Å². The molecule has 1 heterocycles. The van der Waals surface area contributed by atoms with Gasteiger partial charge in [-0.1, -0.05) is 0 Å². The second kappa shape index (κ2) is 5.66. The van der Waals surface area contributed by atoms with Crippen molar-refractivity contribution in [2.24, 2.45) is 5.73 Å². The molecule has 0 bridgehead atoms. The number of nitrogens with two attached hydrogens (primary N) is 1. The molecule has 1 rings (SSSR count). The largest absolute Gasteiger partial charge is 0.418 e. The lowest BCUT2D eigenvalue weighted by molar-refractivity contribution is -0.137. The third kappa shape index (κ3) is 4.69. The molecule has 0 spiro atoms. The number of ether oxygens (including phenoxy) is 1. The fraction of sp³-hybridized carbons (Fsp3) is 0.500. The van der Waals surface area contributed by atoms with Gasteiger partial charge in [-0.05, 0) is 26.8 Å². The Labute approximate surface area is 114 Å². The number of aromatic nitrogens is 1. The van der Waals surface area contributed by atoms with Gasteiger partial charge in [-0.2, -0.15) is 13.2 Å². The predicted molar refractivity (Wildman–Crippen MR) is 66.0 cm³/mol. The van der Waals surface area contributed by atoms with Gasteiger partial charge in [0.1, 0.15) is 0 Å². The molecule has 20 heavy (non-hydrogen) atoms. The zero-order chi connectivity index (χ0) is 15.6. The monoisotopic (exact) mass is 291 g/mol. The molecule has 0 aliphatic heterocycles. The summed E-state index contributed by atoms with van der Waals surface area (Å²) in [7, 11) is 0. The molecule has 1 aromatic rings. The number of rotatable bonds is 2. The summed E-state index contributed by atoms with van der Waals surface area (Å²) in [6, 6.07) is 0.706. The predicted octanol–water partition coefficient (Wildman–Crippen LogP) is 2.45. The Balaban J connectivity index is 3.00. The van der Waals surface area contributed by atoms with Crippen LogP contribution in [0, 0.1) is 0 Å². The standard InChI is InChI=1S/C12H16F3N3O2/c1-11(2,3)18-10(19)20-9-4-7(12(13,14)15)6-17-8(9)5-16/h4,6H,5,16H2,1-3H3,(H,18,19). The van der Waals surface area contributed by atoms with E-state index in [4.69, 9.17) is 10.5 Å². The van der Waals surface area contributed by atoms with Gasteiger partial charge in [-0.25, -0.2) is 4.79 Å². The molecule has 0 saturated heterocycles. The molecule has 0 aromatic carbocycles. The highest BCUT2D eigenvalue weighted by molar-refractivity contribution is 5.71. The van der Waals surface area contributed by atoms with E-state index in [0.717, 1.165) is 0 Å². The number of nitrogens with one attached hydrogen (secondary N) is 1. The Bertz CT molecular complexity index is 496. The van der Waals surface area contributed by atoms with Crippen LogP contribution >= 0.6 is 0 Å². The molecule has 0 atom stereocenters. The Morgan fingerprint density at radius 2 is 2.00 bits per heavy atom. The second-order valence-electron chi connectivity index (χ2n) is 5.14. The number of carbonyl (C=O) groups is 1. The minimum atomic E-state index is -4.57. The summed E-state index contributed by atoms with van der Waals surface area (Å²) in [5, 5.41) is 2.47. The molecule has 1 amide bonds. The average molecular weight is 291 g/mol. The Morgan fingerprint density at radius 3 is 2.45 bits per heavy atom. The number of pyridine rings is 1. The Morgan fingerprint density at radius 1 is 1.40 bits per heavy atom. The summed E-state index contributed by atoms with van der Waals surface area (Å²) in [6.07, 6.45) is -4.79. The third-order valence-electron chi connectivity index (χ3n) is 2.13. The molecule has 5 nitrogen and oxygen atoms in total. The number of carbonyl (C=O) groups excluding carboxylic acids is 1. The van der Waals surface area contributed by atoms with E-state index >= 15 is 0 Å². The zero-order valence-corrected chi connectivity index (χ0v) is 11.3. The highest BCUT2D eigenvalue weighted by Crippen LogP contribution is 2.32. The molecule has 1 aromatic heterocycles. The lowest BCUT2D eigenvalue weighted by Crippen LogP contribution is -2.42. The number of nitrogens with zero attached hydrogens (tertiary/aromatic N) is 1. The molecular weight excluding hydrogens is 275 g/mol. The summed E-state index contributed by atoms with van der Waals surface area (Å²) in [4.78, 5) is 15.1.